The first-order valence-corrected chi connectivity index (χ1v) is 6.10. The number of rotatable bonds is 3. The Hall–Kier alpha value is -1.30. The van der Waals surface area contributed by atoms with E-state index in [4.69, 9.17) is 5.11 Å². The van der Waals surface area contributed by atoms with Crippen LogP contribution >= 0.6 is 0 Å². The maximum absolute atomic E-state index is 12.1. The molecule has 2 amide bonds. The van der Waals surface area contributed by atoms with Gasteiger partial charge in [-0.05, 0) is 27.2 Å². The standard InChI is InChI=1S/C12H22N2O4/c1-8-9(10(15)16)5-6-14(8)11(17)13(4)7-12(2,3)18/h8-9,18H,5-7H2,1-4H3,(H,15,16). The Morgan fingerprint density at radius 3 is 2.39 bits per heavy atom. The first kappa shape index (κ1) is 14.8. The summed E-state index contributed by atoms with van der Waals surface area (Å²) in [6, 6.07) is -0.535. The molecule has 1 aliphatic rings. The van der Waals surface area contributed by atoms with E-state index in [1.807, 2.05) is 0 Å². The van der Waals surface area contributed by atoms with Gasteiger partial charge in [0.15, 0.2) is 0 Å². The lowest BCUT2D eigenvalue weighted by Crippen LogP contribution is -2.48. The molecule has 1 fully saturated rings. The van der Waals surface area contributed by atoms with Gasteiger partial charge >= 0.3 is 12.0 Å². The number of nitrogens with zero attached hydrogens (tertiary/aromatic N) is 2. The average Bonchev–Trinajstić information content (AvgIpc) is 2.56. The maximum Gasteiger partial charge on any atom is 0.320 e. The van der Waals surface area contributed by atoms with Crippen LogP contribution in [0.4, 0.5) is 4.79 Å². The number of likely N-dealkylation sites (N-methyl/N-ethyl adjacent to an activating group) is 1. The predicted molar refractivity (Wildman–Crippen MR) is 66.2 cm³/mol. The summed E-state index contributed by atoms with van der Waals surface area (Å²) in [7, 11) is 1.61. The summed E-state index contributed by atoms with van der Waals surface area (Å²) in [4.78, 5) is 26.1. The Kier molecular flexibility index (Phi) is 4.21. The molecule has 0 bridgehead atoms. The zero-order valence-corrected chi connectivity index (χ0v) is 11.4. The minimum Gasteiger partial charge on any atom is -0.481 e. The van der Waals surface area contributed by atoms with Crippen LogP contribution in [0.3, 0.4) is 0 Å². The molecule has 2 N–H and O–H groups in total. The number of hydrogen-bond donors (Lipinski definition) is 2. The molecule has 0 radical (unpaired) electrons. The zero-order valence-electron chi connectivity index (χ0n) is 11.4. The number of likely N-dealkylation sites (tertiary alicyclic amines) is 1. The predicted octanol–water partition coefficient (Wildman–Crippen LogP) is 0.604. The Balaban J connectivity index is 2.66. The van der Waals surface area contributed by atoms with Crippen molar-refractivity contribution < 1.29 is 19.8 Å². The summed E-state index contributed by atoms with van der Waals surface area (Å²) in [5.74, 6) is -1.35. The van der Waals surface area contributed by atoms with Crippen molar-refractivity contribution in [3.63, 3.8) is 0 Å². The average molecular weight is 258 g/mol. The van der Waals surface area contributed by atoms with Gasteiger partial charge in [-0.1, -0.05) is 0 Å². The second-order valence-electron chi connectivity index (χ2n) is 5.62. The summed E-state index contributed by atoms with van der Waals surface area (Å²) in [6.45, 7) is 5.68. The molecule has 1 saturated heterocycles. The normalized spacial score (nSPS) is 24.2. The number of carboxylic acid groups (broad SMARTS) is 1. The van der Waals surface area contributed by atoms with Crippen LogP contribution in [0.15, 0.2) is 0 Å². The minimum atomic E-state index is -0.959. The van der Waals surface area contributed by atoms with Crippen LogP contribution in [0.2, 0.25) is 0 Å². The molecular formula is C12H22N2O4. The van der Waals surface area contributed by atoms with Gasteiger partial charge in [-0.25, -0.2) is 4.79 Å². The Bertz CT molecular complexity index is 337. The van der Waals surface area contributed by atoms with E-state index in [-0.39, 0.29) is 18.6 Å². The summed E-state index contributed by atoms with van der Waals surface area (Å²) in [5.41, 5.74) is -0.959. The fourth-order valence-electron chi connectivity index (χ4n) is 2.41. The second kappa shape index (κ2) is 5.14. The molecule has 0 aromatic carbocycles. The second-order valence-corrected chi connectivity index (χ2v) is 5.62. The minimum absolute atomic E-state index is 0.215. The molecule has 6 heteroatoms. The van der Waals surface area contributed by atoms with Gasteiger partial charge in [0.05, 0.1) is 18.1 Å². The fraction of sp³-hybridized carbons (Fsp3) is 0.833. The third kappa shape index (κ3) is 3.35. The van der Waals surface area contributed by atoms with Crippen molar-refractivity contribution in [1.82, 2.24) is 9.80 Å². The van der Waals surface area contributed by atoms with E-state index in [1.54, 1.807) is 32.7 Å². The Labute approximate surface area is 107 Å². The summed E-state index contributed by atoms with van der Waals surface area (Å²) < 4.78 is 0. The molecule has 0 aromatic heterocycles. The van der Waals surface area contributed by atoms with Gasteiger partial charge in [0.1, 0.15) is 0 Å². The van der Waals surface area contributed by atoms with Crippen LogP contribution in [-0.2, 0) is 4.79 Å². The number of aliphatic hydroxyl groups is 1. The first-order valence-electron chi connectivity index (χ1n) is 6.10. The highest BCUT2D eigenvalue weighted by Crippen LogP contribution is 2.25. The molecule has 0 spiro atoms. The van der Waals surface area contributed by atoms with Gasteiger partial charge in [0.2, 0.25) is 0 Å². The number of carbonyl (C=O) groups is 2. The van der Waals surface area contributed by atoms with Crippen molar-refractivity contribution in [2.45, 2.75) is 38.8 Å². The number of carbonyl (C=O) groups excluding carboxylic acids is 1. The highest BCUT2D eigenvalue weighted by atomic mass is 16.4. The molecule has 0 saturated carbocycles. The van der Waals surface area contributed by atoms with Crippen LogP contribution < -0.4 is 0 Å². The summed E-state index contributed by atoms with van der Waals surface area (Å²) in [6.07, 6.45) is 0.485. The van der Waals surface area contributed by atoms with Crippen molar-refractivity contribution in [1.29, 1.82) is 0 Å². The van der Waals surface area contributed by atoms with E-state index in [1.165, 1.54) is 4.90 Å². The zero-order chi connectivity index (χ0) is 14.1. The lowest BCUT2D eigenvalue weighted by atomic mass is 10.0. The van der Waals surface area contributed by atoms with Gasteiger partial charge < -0.3 is 20.0 Å². The van der Waals surface area contributed by atoms with E-state index < -0.39 is 17.5 Å². The number of hydrogen-bond acceptors (Lipinski definition) is 3. The van der Waals surface area contributed by atoms with Gasteiger partial charge in [0, 0.05) is 19.6 Å². The third-order valence-electron chi connectivity index (χ3n) is 3.27. The van der Waals surface area contributed by atoms with Crippen molar-refractivity contribution in [3.05, 3.63) is 0 Å². The monoisotopic (exact) mass is 258 g/mol. The van der Waals surface area contributed by atoms with Crippen molar-refractivity contribution in [2.75, 3.05) is 20.1 Å². The number of aliphatic carboxylic acids is 1. The quantitative estimate of drug-likeness (QED) is 0.777. The molecule has 6 nitrogen and oxygen atoms in total. The lowest BCUT2D eigenvalue weighted by Gasteiger charge is -2.32. The van der Waals surface area contributed by atoms with E-state index in [0.29, 0.717) is 13.0 Å². The van der Waals surface area contributed by atoms with Gasteiger partial charge in [-0.3, -0.25) is 4.79 Å². The molecule has 2 unspecified atom stereocenters. The van der Waals surface area contributed by atoms with Crippen molar-refractivity contribution in [3.8, 4) is 0 Å². The highest BCUT2D eigenvalue weighted by Gasteiger charge is 2.39. The van der Waals surface area contributed by atoms with E-state index in [9.17, 15) is 14.7 Å². The van der Waals surface area contributed by atoms with Crippen LogP contribution in [-0.4, -0.2) is 63.8 Å². The Morgan fingerprint density at radius 1 is 1.44 bits per heavy atom. The van der Waals surface area contributed by atoms with Gasteiger partial charge in [-0.2, -0.15) is 0 Å². The lowest BCUT2D eigenvalue weighted by molar-refractivity contribution is -0.142. The van der Waals surface area contributed by atoms with E-state index >= 15 is 0 Å². The third-order valence-corrected chi connectivity index (χ3v) is 3.27. The SMILES string of the molecule is CC1C(C(=O)O)CCN1C(=O)N(C)CC(C)(C)O. The van der Waals surface area contributed by atoms with Crippen LogP contribution in [0.1, 0.15) is 27.2 Å². The summed E-state index contributed by atoms with van der Waals surface area (Å²) in [5, 5.41) is 18.7. The van der Waals surface area contributed by atoms with E-state index in [0.717, 1.165) is 0 Å². The smallest absolute Gasteiger partial charge is 0.320 e. The largest absolute Gasteiger partial charge is 0.481 e. The van der Waals surface area contributed by atoms with Gasteiger partial charge in [0.25, 0.3) is 0 Å². The summed E-state index contributed by atoms with van der Waals surface area (Å²) >= 11 is 0. The number of carboxylic acids is 1. The first-order chi connectivity index (χ1) is 8.13. The molecule has 18 heavy (non-hydrogen) atoms. The topological polar surface area (TPSA) is 81.1 Å². The van der Waals surface area contributed by atoms with Gasteiger partial charge in [-0.15, -0.1) is 0 Å². The number of amides is 2. The molecule has 0 aliphatic carbocycles. The molecule has 1 rings (SSSR count). The van der Waals surface area contributed by atoms with Crippen LogP contribution in [0, 0.1) is 5.92 Å². The molecule has 0 aromatic rings. The fourth-order valence-corrected chi connectivity index (χ4v) is 2.41. The van der Waals surface area contributed by atoms with Crippen molar-refractivity contribution >= 4 is 12.0 Å². The number of urea groups is 1. The maximum atomic E-state index is 12.1. The van der Waals surface area contributed by atoms with Crippen LogP contribution in [0.25, 0.3) is 0 Å². The molecule has 1 heterocycles. The van der Waals surface area contributed by atoms with Crippen LogP contribution in [0.5, 0.6) is 0 Å². The Morgan fingerprint density at radius 2 is 2.00 bits per heavy atom. The molecule has 104 valence electrons. The highest BCUT2D eigenvalue weighted by molar-refractivity contribution is 5.78. The molecule has 2 atom stereocenters. The van der Waals surface area contributed by atoms with Crippen molar-refractivity contribution in [2.24, 2.45) is 5.92 Å². The van der Waals surface area contributed by atoms with E-state index in [2.05, 4.69) is 0 Å². The molecular weight excluding hydrogens is 236 g/mol. The molecule has 1 aliphatic heterocycles.